The third-order valence-corrected chi connectivity index (χ3v) is 3.53. The Morgan fingerprint density at radius 2 is 2.00 bits per heavy atom. The first-order chi connectivity index (χ1) is 9.51. The molecule has 0 bridgehead atoms. The third kappa shape index (κ3) is 1.69. The summed E-state index contributed by atoms with van der Waals surface area (Å²) in [6.07, 6.45) is 1.85. The SMILES string of the molecule is C=Cc1cc2c(cc1C)N=C1C(=C)NC(=C)N=C1N2C. The number of benzene rings is 1. The molecule has 4 nitrogen and oxygen atoms in total. The van der Waals surface area contributed by atoms with Crippen LogP contribution in [0, 0.1) is 6.92 Å². The minimum Gasteiger partial charge on any atom is -0.339 e. The molecule has 0 saturated heterocycles. The first kappa shape index (κ1) is 12.4. The van der Waals surface area contributed by atoms with E-state index >= 15 is 0 Å². The second-order valence-corrected chi connectivity index (χ2v) is 4.91. The highest BCUT2D eigenvalue weighted by Crippen LogP contribution is 2.36. The molecule has 4 heteroatoms. The van der Waals surface area contributed by atoms with Gasteiger partial charge in [-0.1, -0.05) is 25.8 Å². The highest BCUT2D eigenvalue weighted by Gasteiger charge is 2.29. The van der Waals surface area contributed by atoms with Crippen molar-refractivity contribution in [3.05, 3.63) is 54.5 Å². The zero-order valence-corrected chi connectivity index (χ0v) is 11.7. The van der Waals surface area contributed by atoms with Crippen molar-refractivity contribution in [2.24, 2.45) is 9.98 Å². The maximum Gasteiger partial charge on any atom is 0.163 e. The van der Waals surface area contributed by atoms with Crippen LogP contribution in [0.4, 0.5) is 11.4 Å². The predicted octanol–water partition coefficient (Wildman–Crippen LogP) is 3.15. The number of nitrogens with one attached hydrogen (secondary N) is 1. The predicted molar refractivity (Wildman–Crippen MR) is 85.6 cm³/mol. The van der Waals surface area contributed by atoms with Crippen molar-refractivity contribution in [2.45, 2.75) is 6.92 Å². The lowest BCUT2D eigenvalue weighted by Gasteiger charge is -2.32. The van der Waals surface area contributed by atoms with Crippen LogP contribution in [-0.2, 0) is 0 Å². The van der Waals surface area contributed by atoms with Gasteiger partial charge in [0.25, 0.3) is 0 Å². The minimum absolute atomic E-state index is 0.579. The molecule has 2 heterocycles. The zero-order valence-electron chi connectivity index (χ0n) is 11.7. The fourth-order valence-electron chi connectivity index (χ4n) is 2.44. The molecule has 0 aliphatic carbocycles. The van der Waals surface area contributed by atoms with Gasteiger partial charge in [0.2, 0.25) is 0 Å². The summed E-state index contributed by atoms with van der Waals surface area (Å²) >= 11 is 0. The minimum atomic E-state index is 0.579. The number of anilines is 1. The molecule has 1 aromatic rings. The van der Waals surface area contributed by atoms with E-state index in [0.29, 0.717) is 5.82 Å². The molecule has 0 fully saturated rings. The zero-order chi connectivity index (χ0) is 14.4. The molecule has 1 N–H and O–H groups in total. The molecule has 2 aliphatic heterocycles. The number of fused-ring (bicyclic) bond motifs is 2. The normalized spacial score (nSPS) is 16.8. The maximum atomic E-state index is 4.68. The van der Waals surface area contributed by atoms with Crippen LogP contribution < -0.4 is 10.2 Å². The second-order valence-electron chi connectivity index (χ2n) is 4.91. The summed E-state index contributed by atoms with van der Waals surface area (Å²) in [4.78, 5) is 11.1. The molecule has 0 amide bonds. The summed E-state index contributed by atoms with van der Waals surface area (Å²) < 4.78 is 0. The number of rotatable bonds is 1. The van der Waals surface area contributed by atoms with Crippen molar-refractivity contribution < 1.29 is 0 Å². The molecule has 3 rings (SSSR count). The number of hydrogen-bond acceptors (Lipinski definition) is 4. The van der Waals surface area contributed by atoms with Crippen LogP contribution in [0.3, 0.4) is 0 Å². The van der Waals surface area contributed by atoms with Gasteiger partial charge in [0.1, 0.15) is 11.5 Å². The van der Waals surface area contributed by atoms with Gasteiger partial charge in [0.15, 0.2) is 5.84 Å². The van der Waals surface area contributed by atoms with Gasteiger partial charge in [-0.25, -0.2) is 9.98 Å². The van der Waals surface area contributed by atoms with Crippen molar-refractivity contribution in [1.82, 2.24) is 5.32 Å². The average molecular weight is 264 g/mol. The highest BCUT2D eigenvalue weighted by atomic mass is 15.3. The van der Waals surface area contributed by atoms with Crippen LogP contribution in [0.15, 0.2) is 53.4 Å². The van der Waals surface area contributed by atoms with E-state index in [-0.39, 0.29) is 0 Å². The number of amidine groups is 1. The van der Waals surface area contributed by atoms with Gasteiger partial charge in [0, 0.05) is 7.05 Å². The van der Waals surface area contributed by atoms with E-state index in [1.165, 1.54) is 0 Å². The van der Waals surface area contributed by atoms with Crippen molar-refractivity contribution >= 4 is 29.0 Å². The summed E-state index contributed by atoms with van der Waals surface area (Å²) in [5.41, 5.74) is 5.66. The average Bonchev–Trinajstić information content (AvgIpc) is 2.40. The molecular formula is C16H16N4. The number of aryl methyl sites for hydroxylation is 1. The van der Waals surface area contributed by atoms with Gasteiger partial charge < -0.3 is 10.2 Å². The Hall–Kier alpha value is -2.62. The lowest BCUT2D eigenvalue weighted by atomic mass is 10.0. The molecule has 0 radical (unpaired) electrons. The van der Waals surface area contributed by atoms with Crippen LogP contribution in [0.25, 0.3) is 6.08 Å². The smallest absolute Gasteiger partial charge is 0.163 e. The third-order valence-electron chi connectivity index (χ3n) is 3.53. The molecule has 2 aliphatic rings. The lowest BCUT2D eigenvalue weighted by Crippen LogP contribution is -2.42. The molecule has 20 heavy (non-hydrogen) atoms. The number of aliphatic imine (C=N–C) groups is 2. The molecular weight excluding hydrogens is 248 g/mol. The second kappa shape index (κ2) is 4.20. The van der Waals surface area contributed by atoms with Gasteiger partial charge in [0.05, 0.1) is 17.1 Å². The molecule has 0 unspecified atom stereocenters. The first-order valence-electron chi connectivity index (χ1n) is 6.35. The van der Waals surface area contributed by atoms with Crippen LogP contribution in [0.2, 0.25) is 0 Å². The first-order valence-corrected chi connectivity index (χ1v) is 6.35. The summed E-state index contributed by atoms with van der Waals surface area (Å²) in [5, 5.41) is 3.02. The fourth-order valence-corrected chi connectivity index (χ4v) is 2.44. The number of hydrogen-bond donors (Lipinski definition) is 1. The van der Waals surface area contributed by atoms with Crippen molar-refractivity contribution in [3.8, 4) is 0 Å². The Bertz CT molecular complexity index is 722. The largest absolute Gasteiger partial charge is 0.339 e. The number of nitrogens with zero attached hydrogens (tertiary/aromatic N) is 3. The molecule has 0 atom stereocenters. The van der Waals surface area contributed by atoms with E-state index in [0.717, 1.165) is 39.7 Å². The summed E-state index contributed by atoms with van der Waals surface area (Å²) in [6.45, 7) is 13.7. The van der Waals surface area contributed by atoms with E-state index in [9.17, 15) is 0 Å². The molecule has 1 aromatic carbocycles. The van der Waals surface area contributed by atoms with Gasteiger partial charge >= 0.3 is 0 Å². The van der Waals surface area contributed by atoms with E-state index in [1.54, 1.807) is 0 Å². The maximum absolute atomic E-state index is 4.68. The summed E-state index contributed by atoms with van der Waals surface area (Å²) in [7, 11) is 1.97. The summed E-state index contributed by atoms with van der Waals surface area (Å²) in [5.74, 6) is 1.35. The highest BCUT2D eigenvalue weighted by molar-refractivity contribution is 6.53. The Balaban J connectivity index is 2.26. The van der Waals surface area contributed by atoms with Crippen LogP contribution in [-0.4, -0.2) is 18.6 Å². The standard InChI is InChI=1S/C16H16N4/c1-6-12-8-14-13(7-9(12)2)19-15-10(3)17-11(4)18-16(15)20(14)5/h6-8,17H,1,3-4H2,2,5H3. The Morgan fingerprint density at radius 3 is 2.70 bits per heavy atom. The molecule has 0 saturated carbocycles. The van der Waals surface area contributed by atoms with Gasteiger partial charge in [-0.15, -0.1) is 0 Å². The fraction of sp³-hybridized carbons (Fsp3) is 0.125. The van der Waals surface area contributed by atoms with Crippen molar-refractivity contribution in [3.63, 3.8) is 0 Å². The molecule has 100 valence electrons. The molecule has 0 spiro atoms. The Labute approximate surface area is 118 Å². The van der Waals surface area contributed by atoms with Crippen molar-refractivity contribution in [2.75, 3.05) is 11.9 Å². The lowest BCUT2D eigenvalue weighted by molar-refractivity contribution is 0.980. The van der Waals surface area contributed by atoms with E-state index in [1.807, 2.05) is 18.0 Å². The topological polar surface area (TPSA) is 40.0 Å². The molecule has 0 aromatic heterocycles. The van der Waals surface area contributed by atoms with E-state index in [4.69, 9.17) is 0 Å². The van der Waals surface area contributed by atoms with E-state index in [2.05, 4.69) is 54.1 Å². The van der Waals surface area contributed by atoms with E-state index < -0.39 is 0 Å². The van der Waals surface area contributed by atoms with Crippen LogP contribution >= 0.6 is 0 Å². The van der Waals surface area contributed by atoms with Crippen LogP contribution in [0.1, 0.15) is 11.1 Å². The van der Waals surface area contributed by atoms with Crippen molar-refractivity contribution in [1.29, 1.82) is 0 Å². The van der Waals surface area contributed by atoms with Gasteiger partial charge in [-0.05, 0) is 30.2 Å². The van der Waals surface area contributed by atoms with Crippen LogP contribution in [0.5, 0.6) is 0 Å². The monoisotopic (exact) mass is 264 g/mol. The summed E-state index contributed by atoms with van der Waals surface area (Å²) in [6, 6.07) is 4.14. The van der Waals surface area contributed by atoms with Gasteiger partial charge in [-0.3, -0.25) is 0 Å². The quantitative estimate of drug-likeness (QED) is 0.846. The Kier molecular flexibility index (Phi) is 2.61. The Morgan fingerprint density at radius 1 is 1.25 bits per heavy atom. The van der Waals surface area contributed by atoms with Gasteiger partial charge in [-0.2, -0.15) is 0 Å².